The van der Waals surface area contributed by atoms with Gasteiger partial charge < -0.3 is 15.0 Å². The summed E-state index contributed by atoms with van der Waals surface area (Å²) in [6, 6.07) is 4.21. The Kier molecular flexibility index (Phi) is 6.14. The van der Waals surface area contributed by atoms with Crippen LogP contribution in [0.15, 0.2) is 18.3 Å². The zero-order valence-electron chi connectivity index (χ0n) is 13.0. The fourth-order valence-electron chi connectivity index (χ4n) is 2.69. The predicted molar refractivity (Wildman–Crippen MR) is 82.2 cm³/mol. The summed E-state index contributed by atoms with van der Waals surface area (Å²) in [5, 5.41) is 3.56. The first-order valence-corrected chi connectivity index (χ1v) is 7.72. The molecule has 1 aromatic heterocycles. The van der Waals surface area contributed by atoms with E-state index in [1.165, 1.54) is 46.0 Å². The van der Waals surface area contributed by atoms with Crippen LogP contribution in [-0.2, 0) is 11.3 Å². The van der Waals surface area contributed by atoms with Crippen molar-refractivity contribution >= 4 is 5.97 Å². The monoisotopic (exact) mass is 291 g/mol. The molecule has 5 nitrogen and oxygen atoms in total. The Morgan fingerprint density at radius 2 is 2.19 bits per heavy atom. The third kappa shape index (κ3) is 4.79. The molecule has 1 aliphatic rings. The van der Waals surface area contributed by atoms with Crippen LogP contribution >= 0.6 is 0 Å². The SMILES string of the molecule is CCCN1CCC(NCc2ccc(C(=O)OC)cn2)CC1. The van der Waals surface area contributed by atoms with Gasteiger partial charge in [0.05, 0.1) is 18.4 Å². The Labute approximate surface area is 126 Å². The molecule has 5 heteroatoms. The Bertz CT molecular complexity index is 439. The molecule has 1 aromatic rings. The lowest BCUT2D eigenvalue weighted by atomic mass is 10.0. The Morgan fingerprint density at radius 3 is 2.76 bits per heavy atom. The molecular formula is C16H25N3O2. The van der Waals surface area contributed by atoms with E-state index in [-0.39, 0.29) is 5.97 Å². The number of nitrogens with one attached hydrogen (secondary N) is 1. The minimum absolute atomic E-state index is 0.342. The summed E-state index contributed by atoms with van der Waals surface area (Å²) in [6.07, 6.45) is 5.20. The number of carbonyl (C=O) groups is 1. The van der Waals surface area contributed by atoms with Gasteiger partial charge in [-0.3, -0.25) is 4.98 Å². The summed E-state index contributed by atoms with van der Waals surface area (Å²) < 4.78 is 4.66. The van der Waals surface area contributed by atoms with Crippen molar-refractivity contribution in [3.8, 4) is 0 Å². The molecule has 0 saturated carbocycles. The second kappa shape index (κ2) is 8.10. The fraction of sp³-hybridized carbons (Fsp3) is 0.625. The van der Waals surface area contributed by atoms with Crippen LogP contribution in [-0.4, -0.2) is 48.6 Å². The average Bonchev–Trinajstić information content (AvgIpc) is 2.54. The highest BCUT2D eigenvalue weighted by molar-refractivity contribution is 5.88. The van der Waals surface area contributed by atoms with E-state index in [0.29, 0.717) is 11.6 Å². The number of hydrogen-bond acceptors (Lipinski definition) is 5. The number of pyridine rings is 1. The molecule has 1 fully saturated rings. The maximum atomic E-state index is 11.3. The van der Waals surface area contributed by atoms with E-state index in [1.54, 1.807) is 12.3 Å². The van der Waals surface area contributed by atoms with Crippen molar-refractivity contribution in [2.45, 2.75) is 38.8 Å². The predicted octanol–water partition coefficient (Wildman–Crippen LogP) is 1.83. The van der Waals surface area contributed by atoms with Crippen molar-refractivity contribution in [3.63, 3.8) is 0 Å². The van der Waals surface area contributed by atoms with E-state index < -0.39 is 0 Å². The van der Waals surface area contributed by atoms with Crippen LogP contribution in [0.25, 0.3) is 0 Å². The molecule has 2 heterocycles. The quantitative estimate of drug-likeness (QED) is 0.810. The molecule has 116 valence electrons. The summed E-state index contributed by atoms with van der Waals surface area (Å²) in [5.41, 5.74) is 1.45. The second-order valence-electron chi connectivity index (χ2n) is 5.53. The first kappa shape index (κ1) is 15.9. The molecule has 21 heavy (non-hydrogen) atoms. The van der Waals surface area contributed by atoms with Gasteiger partial charge in [0.1, 0.15) is 0 Å². The minimum Gasteiger partial charge on any atom is -0.465 e. The number of nitrogens with zero attached hydrogens (tertiary/aromatic N) is 2. The van der Waals surface area contributed by atoms with Gasteiger partial charge in [0, 0.05) is 18.8 Å². The molecule has 0 atom stereocenters. The van der Waals surface area contributed by atoms with Gasteiger partial charge in [0.25, 0.3) is 0 Å². The highest BCUT2D eigenvalue weighted by atomic mass is 16.5. The molecule has 2 rings (SSSR count). The molecule has 0 spiro atoms. The molecule has 1 aliphatic heterocycles. The summed E-state index contributed by atoms with van der Waals surface area (Å²) in [7, 11) is 1.38. The standard InChI is InChI=1S/C16H25N3O2/c1-3-8-19-9-6-14(7-10-19)18-12-15-5-4-13(11-17-15)16(20)21-2/h4-5,11,14,18H,3,6-10,12H2,1-2H3. The number of likely N-dealkylation sites (tertiary alicyclic amines) is 1. The molecule has 0 unspecified atom stereocenters. The van der Waals surface area contributed by atoms with Crippen molar-refractivity contribution in [1.82, 2.24) is 15.2 Å². The lowest BCUT2D eigenvalue weighted by molar-refractivity contribution is 0.0600. The van der Waals surface area contributed by atoms with Crippen LogP contribution in [0, 0.1) is 0 Å². The number of methoxy groups -OCH3 is 1. The van der Waals surface area contributed by atoms with Crippen molar-refractivity contribution in [2.24, 2.45) is 0 Å². The first-order valence-electron chi connectivity index (χ1n) is 7.72. The van der Waals surface area contributed by atoms with Gasteiger partial charge in [-0.25, -0.2) is 4.79 Å². The lowest BCUT2D eigenvalue weighted by Crippen LogP contribution is -2.42. The van der Waals surface area contributed by atoms with Crippen molar-refractivity contribution in [3.05, 3.63) is 29.6 Å². The lowest BCUT2D eigenvalue weighted by Gasteiger charge is -2.32. The third-order valence-corrected chi connectivity index (χ3v) is 3.95. The van der Waals surface area contributed by atoms with Gasteiger partial charge in [-0.05, 0) is 51.0 Å². The topological polar surface area (TPSA) is 54.5 Å². The number of esters is 1. The number of ether oxygens (including phenoxy) is 1. The number of rotatable bonds is 6. The Balaban J connectivity index is 1.75. The fourth-order valence-corrected chi connectivity index (χ4v) is 2.69. The van der Waals surface area contributed by atoms with Crippen LogP contribution in [0.2, 0.25) is 0 Å². The van der Waals surface area contributed by atoms with E-state index >= 15 is 0 Å². The second-order valence-corrected chi connectivity index (χ2v) is 5.53. The molecule has 1 saturated heterocycles. The average molecular weight is 291 g/mol. The van der Waals surface area contributed by atoms with E-state index in [4.69, 9.17) is 0 Å². The van der Waals surface area contributed by atoms with Gasteiger partial charge in [-0.2, -0.15) is 0 Å². The molecule has 0 aromatic carbocycles. The maximum absolute atomic E-state index is 11.3. The highest BCUT2D eigenvalue weighted by Crippen LogP contribution is 2.11. The van der Waals surface area contributed by atoms with Gasteiger partial charge >= 0.3 is 5.97 Å². The smallest absolute Gasteiger partial charge is 0.339 e. The highest BCUT2D eigenvalue weighted by Gasteiger charge is 2.18. The van der Waals surface area contributed by atoms with E-state index in [9.17, 15) is 4.79 Å². The first-order chi connectivity index (χ1) is 10.2. The maximum Gasteiger partial charge on any atom is 0.339 e. The Hall–Kier alpha value is -1.46. The van der Waals surface area contributed by atoms with Gasteiger partial charge in [0.2, 0.25) is 0 Å². The van der Waals surface area contributed by atoms with E-state index in [0.717, 1.165) is 12.2 Å². The molecular weight excluding hydrogens is 266 g/mol. The number of hydrogen-bond donors (Lipinski definition) is 1. The summed E-state index contributed by atoms with van der Waals surface area (Å²) in [5.74, 6) is -0.342. The molecule has 0 radical (unpaired) electrons. The number of carbonyl (C=O) groups excluding carboxylic acids is 1. The normalized spacial score (nSPS) is 16.9. The van der Waals surface area contributed by atoms with Crippen LogP contribution in [0.1, 0.15) is 42.2 Å². The van der Waals surface area contributed by atoms with Gasteiger partial charge in [0.15, 0.2) is 0 Å². The largest absolute Gasteiger partial charge is 0.465 e. The third-order valence-electron chi connectivity index (χ3n) is 3.95. The summed E-state index contributed by atoms with van der Waals surface area (Å²) >= 11 is 0. The number of piperidine rings is 1. The van der Waals surface area contributed by atoms with Gasteiger partial charge in [-0.15, -0.1) is 0 Å². The minimum atomic E-state index is -0.342. The van der Waals surface area contributed by atoms with Crippen molar-refractivity contribution < 1.29 is 9.53 Å². The van der Waals surface area contributed by atoms with Gasteiger partial charge in [-0.1, -0.05) is 6.92 Å². The van der Waals surface area contributed by atoms with Crippen LogP contribution < -0.4 is 5.32 Å². The number of aromatic nitrogens is 1. The molecule has 0 bridgehead atoms. The summed E-state index contributed by atoms with van der Waals surface area (Å²) in [4.78, 5) is 18.2. The van der Waals surface area contributed by atoms with Crippen LogP contribution in [0.4, 0.5) is 0 Å². The summed E-state index contributed by atoms with van der Waals surface area (Å²) in [6.45, 7) is 6.55. The van der Waals surface area contributed by atoms with Crippen molar-refractivity contribution in [2.75, 3.05) is 26.7 Å². The van der Waals surface area contributed by atoms with Crippen LogP contribution in [0.5, 0.6) is 0 Å². The zero-order valence-corrected chi connectivity index (χ0v) is 13.0. The molecule has 0 aliphatic carbocycles. The van der Waals surface area contributed by atoms with E-state index in [1.807, 2.05) is 6.07 Å². The van der Waals surface area contributed by atoms with E-state index in [2.05, 4.69) is 26.9 Å². The van der Waals surface area contributed by atoms with Crippen molar-refractivity contribution in [1.29, 1.82) is 0 Å². The van der Waals surface area contributed by atoms with Crippen LogP contribution in [0.3, 0.4) is 0 Å². The zero-order chi connectivity index (χ0) is 15.1. The Morgan fingerprint density at radius 1 is 1.43 bits per heavy atom. The molecule has 1 N–H and O–H groups in total. The molecule has 0 amide bonds.